The lowest BCUT2D eigenvalue weighted by Crippen LogP contribution is -2.35. The Bertz CT molecular complexity index is 359. The van der Waals surface area contributed by atoms with Gasteiger partial charge >= 0.3 is 0 Å². The van der Waals surface area contributed by atoms with Crippen molar-refractivity contribution in [2.75, 3.05) is 47.3 Å². The van der Waals surface area contributed by atoms with E-state index in [9.17, 15) is 0 Å². The molecule has 20 heavy (non-hydrogen) atoms. The van der Waals surface area contributed by atoms with Crippen LogP contribution < -0.4 is 5.32 Å². The van der Waals surface area contributed by atoms with E-state index in [2.05, 4.69) is 74.4 Å². The first-order valence-electron chi connectivity index (χ1n) is 7.67. The van der Waals surface area contributed by atoms with Gasteiger partial charge in [0.1, 0.15) is 0 Å². The van der Waals surface area contributed by atoms with Crippen molar-refractivity contribution in [3.05, 3.63) is 35.4 Å². The van der Waals surface area contributed by atoms with Crippen molar-refractivity contribution in [2.45, 2.75) is 26.3 Å². The fourth-order valence-electron chi connectivity index (χ4n) is 2.41. The Balaban J connectivity index is 2.54. The maximum Gasteiger partial charge on any atom is 0.0446 e. The second-order valence-electron chi connectivity index (χ2n) is 5.80. The maximum absolute atomic E-state index is 3.45. The Morgan fingerprint density at radius 3 is 2.25 bits per heavy atom. The SMILES string of the molecule is CCN(CCCN(C)C)CC(NC)c1ccc(C)cc1. The predicted molar refractivity (Wildman–Crippen MR) is 88.3 cm³/mol. The van der Waals surface area contributed by atoms with E-state index in [0.717, 1.165) is 19.6 Å². The molecule has 1 aromatic carbocycles. The van der Waals surface area contributed by atoms with Gasteiger partial charge in [0.15, 0.2) is 0 Å². The summed E-state index contributed by atoms with van der Waals surface area (Å²) in [7, 11) is 6.33. The summed E-state index contributed by atoms with van der Waals surface area (Å²) in [6.07, 6.45) is 1.23. The normalized spacial score (nSPS) is 13.2. The zero-order valence-corrected chi connectivity index (χ0v) is 13.8. The number of nitrogens with zero attached hydrogens (tertiary/aromatic N) is 2. The largest absolute Gasteiger partial charge is 0.312 e. The number of likely N-dealkylation sites (N-methyl/N-ethyl adjacent to an activating group) is 2. The molecule has 114 valence electrons. The lowest BCUT2D eigenvalue weighted by Gasteiger charge is -2.27. The number of rotatable bonds is 9. The van der Waals surface area contributed by atoms with Crippen molar-refractivity contribution in [3.63, 3.8) is 0 Å². The quantitative estimate of drug-likeness (QED) is 0.748. The van der Waals surface area contributed by atoms with Gasteiger partial charge in [-0.1, -0.05) is 36.8 Å². The molecule has 0 saturated heterocycles. The van der Waals surface area contributed by atoms with Crippen LogP contribution in [-0.4, -0.2) is 57.1 Å². The van der Waals surface area contributed by atoms with Crippen LogP contribution in [0.15, 0.2) is 24.3 Å². The summed E-state index contributed by atoms with van der Waals surface area (Å²) in [5, 5.41) is 3.45. The third-order valence-electron chi connectivity index (χ3n) is 3.80. The summed E-state index contributed by atoms with van der Waals surface area (Å²) in [4.78, 5) is 4.79. The molecule has 0 aliphatic heterocycles. The molecule has 3 nitrogen and oxygen atoms in total. The average molecular weight is 277 g/mol. The molecule has 0 spiro atoms. The zero-order chi connectivity index (χ0) is 15.0. The van der Waals surface area contributed by atoms with Crippen LogP contribution in [0.4, 0.5) is 0 Å². The van der Waals surface area contributed by atoms with E-state index in [-0.39, 0.29) is 0 Å². The van der Waals surface area contributed by atoms with Crippen molar-refractivity contribution in [1.29, 1.82) is 0 Å². The van der Waals surface area contributed by atoms with Crippen LogP contribution in [0.2, 0.25) is 0 Å². The summed E-state index contributed by atoms with van der Waals surface area (Å²) in [5.74, 6) is 0. The minimum Gasteiger partial charge on any atom is -0.312 e. The Labute approximate surface area is 125 Å². The van der Waals surface area contributed by atoms with E-state index in [4.69, 9.17) is 0 Å². The van der Waals surface area contributed by atoms with Gasteiger partial charge in [-0.05, 0) is 59.7 Å². The van der Waals surface area contributed by atoms with Gasteiger partial charge in [0, 0.05) is 12.6 Å². The molecule has 1 unspecified atom stereocenters. The molecule has 0 bridgehead atoms. The van der Waals surface area contributed by atoms with Crippen LogP contribution >= 0.6 is 0 Å². The van der Waals surface area contributed by atoms with E-state index >= 15 is 0 Å². The van der Waals surface area contributed by atoms with Gasteiger partial charge < -0.3 is 15.1 Å². The fraction of sp³-hybridized carbons (Fsp3) is 0.647. The highest BCUT2D eigenvalue weighted by Gasteiger charge is 2.13. The van der Waals surface area contributed by atoms with Gasteiger partial charge in [0.25, 0.3) is 0 Å². The van der Waals surface area contributed by atoms with E-state index in [1.807, 2.05) is 0 Å². The predicted octanol–water partition coefficient (Wildman–Crippen LogP) is 2.53. The summed E-state index contributed by atoms with van der Waals surface area (Å²) < 4.78 is 0. The molecule has 1 N–H and O–H groups in total. The Morgan fingerprint density at radius 1 is 1.10 bits per heavy atom. The highest BCUT2D eigenvalue weighted by atomic mass is 15.1. The summed E-state index contributed by atoms with van der Waals surface area (Å²) in [5.41, 5.74) is 2.70. The summed E-state index contributed by atoms with van der Waals surface area (Å²) >= 11 is 0. The fourth-order valence-corrected chi connectivity index (χ4v) is 2.41. The van der Waals surface area contributed by atoms with Gasteiger partial charge in [0.2, 0.25) is 0 Å². The van der Waals surface area contributed by atoms with E-state index in [1.165, 1.54) is 24.1 Å². The lowest BCUT2D eigenvalue weighted by molar-refractivity contribution is 0.243. The first kappa shape index (κ1) is 17.2. The second-order valence-corrected chi connectivity index (χ2v) is 5.80. The molecule has 1 rings (SSSR count). The minimum atomic E-state index is 0.412. The van der Waals surface area contributed by atoms with Crippen LogP contribution in [0.3, 0.4) is 0 Å². The molecule has 1 aromatic rings. The van der Waals surface area contributed by atoms with E-state index < -0.39 is 0 Å². The third kappa shape index (κ3) is 6.04. The average Bonchev–Trinajstić information content (AvgIpc) is 2.43. The molecule has 0 aliphatic rings. The first-order valence-corrected chi connectivity index (χ1v) is 7.67. The molecule has 0 saturated carbocycles. The van der Waals surface area contributed by atoms with Crippen molar-refractivity contribution in [2.24, 2.45) is 0 Å². The molecule has 0 aromatic heterocycles. The lowest BCUT2D eigenvalue weighted by atomic mass is 10.0. The van der Waals surface area contributed by atoms with E-state index in [1.54, 1.807) is 0 Å². The van der Waals surface area contributed by atoms with Crippen LogP contribution in [-0.2, 0) is 0 Å². The summed E-state index contributed by atoms with van der Waals surface area (Å²) in [6, 6.07) is 9.29. The van der Waals surface area contributed by atoms with Gasteiger partial charge in [-0.15, -0.1) is 0 Å². The Hall–Kier alpha value is -0.900. The topological polar surface area (TPSA) is 18.5 Å². The number of hydrogen-bond donors (Lipinski definition) is 1. The number of hydrogen-bond acceptors (Lipinski definition) is 3. The third-order valence-corrected chi connectivity index (χ3v) is 3.80. The molecule has 0 radical (unpaired) electrons. The Morgan fingerprint density at radius 2 is 1.75 bits per heavy atom. The van der Waals surface area contributed by atoms with Gasteiger partial charge in [-0.3, -0.25) is 0 Å². The van der Waals surface area contributed by atoms with Crippen molar-refractivity contribution in [1.82, 2.24) is 15.1 Å². The van der Waals surface area contributed by atoms with Crippen LogP contribution in [0.1, 0.15) is 30.5 Å². The van der Waals surface area contributed by atoms with Gasteiger partial charge in [-0.2, -0.15) is 0 Å². The monoisotopic (exact) mass is 277 g/mol. The molecule has 0 heterocycles. The van der Waals surface area contributed by atoms with Crippen molar-refractivity contribution >= 4 is 0 Å². The number of nitrogens with one attached hydrogen (secondary N) is 1. The maximum atomic E-state index is 3.45. The summed E-state index contributed by atoms with van der Waals surface area (Å²) in [6.45, 7) is 8.89. The Kier molecular flexibility index (Phi) is 7.82. The van der Waals surface area contributed by atoms with Gasteiger partial charge in [0.05, 0.1) is 0 Å². The molecular formula is C17H31N3. The standard InChI is InChI=1S/C17H31N3/c1-6-20(13-7-12-19(4)5)14-17(18-3)16-10-8-15(2)9-11-16/h8-11,17-18H,6-7,12-14H2,1-5H3. The van der Waals surface area contributed by atoms with Crippen molar-refractivity contribution < 1.29 is 0 Å². The van der Waals surface area contributed by atoms with Crippen LogP contribution in [0.5, 0.6) is 0 Å². The molecule has 0 aliphatic carbocycles. The second kappa shape index (κ2) is 9.11. The first-order chi connectivity index (χ1) is 9.56. The van der Waals surface area contributed by atoms with Gasteiger partial charge in [-0.25, -0.2) is 0 Å². The molecule has 0 fully saturated rings. The molecule has 1 atom stereocenters. The smallest absolute Gasteiger partial charge is 0.0446 e. The number of aryl methyl sites for hydroxylation is 1. The van der Waals surface area contributed by atoms with Crippen LogP contribution in [0, 0.1) is 6.92 Å². The zero-order valence-electron chi connectivity index (χ0n) is 13.8. The molecule has 3 heteroatoms. The minimum absolute atomic E-state index is 0.412. The highest BCUT2D eigenvalue weighted by Crippen LogP contribution is 2.15. The van der Waals surface area contributed by atoms with Crippen molar-refractivity contribution in [3.8, 4) is 0 Å². The van der Waals surface area contributed by atoms with Crippen LogP contribution in [0.25, 0.3) is 0 Å². The highest BCUT2D eigenvalue weighted by molar-refractivity contribution is 5.24. The molecule has 0 amide bonds. The van der Waals surface area contributed by atoms with E-state index in [0.29, 0.717) is 6.04 Å². The number of benzene rings is 1. The molecular weight excluding hydrogens is 246 g/mol.